The van der Waals surface area contributed by atoms with E-state index in [4.69, 9.17) is 28.5 Å². The first kappa shape index (κ1) is 17.0. The van der Waals surface area contributed by atoms with Crippen LogP contribution in [0, 0.1) is 18.3 Å². The second kappa shape index (κ2) is 7.39. The Kier molecular flexibility index (Phi) is 5.03. The van der Waals surface area contributed by atoms with Crippen LogP contribution in [-0.2, 0) is 0 Å². The molecule has 0 aliphatic rings. The average molecular weight is 370 g/mol. The molecule has 1 heterocycles. The van der Waals surface area contributed by atoms with Gasteiger partial charge in [-0.25, -0.2) is 4.98 Å². The number of aryl methyl sites for hydroxylation is 1. The molecule has 0 spiro atoms. The summed E-state index contributed by atoms with van der Waals surface area (Å²) in [4.78, 5) is 8.80. The van der Waals surface area contributed by atoms with Gasteiger partial charge in [0.25, 0.3) is 0 Å². The van der Waals surface area contributed by atoms with Crippen LogP contribution < -0.4 is 10.6 Å². The van der Waals surface area contributed by atoms with Crippen molar-refractivity contribution in [3.05, 3.63) is 69.8 Å². The molecule has 0 saturated carbocycles. The maximum absolute atomic E-state index is 8.85. The Morgan fingerprint density at radius 2 is 1.76 bits per heavy atom. The van der Waals surface area contributed by atoms with E-state index in [0.717, 1.165) is 11.4 Å². The summed E-state index contributed by atoms with van der Waals surface area (Å²) in [7, 11) is 0. The molecular formula is C18H13Cl2N5. The topological polar surface area (TPSA) is 73.6 Å². The van der Waals surface area contributed by atoms with Crippen LogP contribution in [0.2, 0.25) is 10.0 Å². The molecule has 7 heteroatoms. The molecule has 0 aliphatic carbocycles. The van der Waals surface area contributed by atoms with Crippen molar-refractivity contribution in [1.29, 1.82) is 5.26 Å². The molecular weight excluding hydrogens is 357 g/mol. The van der Waals surface area contributed by atoms with Gasteiger partial charge in [-0.05, 0) is 43.3 Å². The van der Waals surface area contributed by atoms with Crippen LogP contribution in [0.15, 0.2) is 48.5 Å². The zero-order chi connectivity index (χ0) is 17.8. The molecule has 2 aromatic carbocycles. The summed E-state index contributed by atoms with van der Waals surface area (Å²) in [6, 6.07) is 16.3. The summed E-state index contributed by atoms with van der Waals surface area (Å²) in [5.41, 5.74) is 2.84. The third-order valence-corrected chi connectivity index (χ3v) is 4.16. The average Bonchev–Trinajstić information content (AvgIpc) is 2.59. The molecule has 25 heavy (non-hydrogen) atoms. The lowest BCUT2D eigenvalue weighted by Gasteiger charge is -2.11. The van der Waals surface area contributed by atoms with Gasteiger partial charge in [-0.3, -0.25) is 0 Å². The Hall–Kier alpha value is -2.81. The second-order valence-corrected chi connectivity index (χ2v) is 6.04. The number of hydrogen-bond donors (Lipinski definition) is 2. The zero-order valence-electron chi connectivity index (χ0n) is 13.2. The summed E-state index contributed by atoms with van der Waals surface area (Å²) < 4.78 is 0. The minimum Gasteiger partial charge on any atom is -0.340 e. The molecule has 0 atom stereocenters. The van der Waals surface area contributed by atoms with E-state index in [1.165, 1.54) is 0 Å². The highest BCUT2D eigenvalue weighted by atomic mass is 35.5. The van der Waals surface area contributed by atoms with Crippen LogP contribution in [0.5, 0.6) is 0 Å². The number of nitrogens with zero attached hydrogens (tertiary/aromatic N) is 3. The second-order valence-electron chi connectivity index (χ2n) is 5.26. The summed E-state index contributed by atoms with van der Waals surface area (Å²) in [6.45, 7) is 1.87. The van der Waals surface area contributed by atoms with E-state index in [2.05, 4.69) is 26.7 Å². The summed E-state index contributed by atoms with van der Waals surface area (Å²) in [6.07, 6.45) is 0. The fourth-order valence-corrected chi connectivity index (χ4v) is 2.53. The molecule has 0 aliphatic heterocycles. The molecule has 5 nitrogen and oxygen atoms in total. The quantitative estimate of drug-likeness (QED) is 0.639. The highest BCUT2D eigenvalue weighted by Crippen LogP contribution is 2.31. The first-order valence-electron chi connectivity index (χ1n) is 7.39. The number of hydrogen-bond acceptors (Lipinski definition) is 5. The molecule has 0 saturated heterocycles. The van der Waals surface area contributed by atoms with Crippen molar-refractivity contribution in [2.45, 2.75) is 6.92 Å². The number of benzene rings is 2. The van der Waals surface area contributed by atoms with E-state index in [-0.39, 0.29) is 0 Å². The Morgan fingerprint density at radius 3 is 2.48 bits per heavy atom. The van der Waals surface area contributed by atoms with E-state index in [1.807, 2.05) is 25.1 Å². The van der Waals surface area contributed by atoms with E-state index >= 15 is 0 Å². The van der Waals surface area contributed by atoms with Crippen molar-refractivity contribution in [2.75, 3.05) is 10.6 Å². The Bertz CT molecular complexity index is 949. The maximum atomic E-state index is 8.85. The predicted octanol–water partition coefficient (Wildman–Crippen LogP) is 5.45. The lowest BCUT2D eigenvalue weighted by Crippen LogP contribution is -2.02. The Labute approximate surface area is 155 Å². The summed E-state index contributed by atoms with van der Waals surface area (Å²) in [5, 5.41) is 16.0. The fraction of sp³-hybridized carbons (Fsp3) is 0.0556. The van der Waals surface area contributed by atoms with Gasteiger partial charge in [0.2, 0.25) is 5.95 Å². The minimum atomic E-state index is 0.403. The van der Waals surface area contributed by atoms with Gasteiger partial charge in [0.05, 0.1) is 27.4 Å². The maximum Gasteiger partial charge on any atom is 0.229 e. The molecule has 0 unspecified atom stereocenters. The van der Waals surface area contributed by atoms with Gasteiger partial charge in [0.1, 0.15) is 5.82 Å². The Balaban J connectivity index is 1.85. The van der Waals surface area contributed by atoms with Crippen LogP contribution in [0.3, 0.4) is 0 Å². The lowest BCUT2D eigenvalue weighted by atomic mass is 10.2. The molecule has 0 fully saturated rings. The monoisotopic (exact) mass is 369 g/mol. The highest BCUT2D eigenvalue weighted by Gasteiger charge is 2.08. The van der Waals surface area contributed by atoms with Crippen molar-refractivity contribution in [3.63, 3.8) is 0 Å². The van der Waals surface area contributed by atoms with Crippen LogP contribution in [-0.4, -0.2) is 9.97 Å². The van der Waals surface area contributed by atoms with Crippen molar-refractivity contribution in [1.82, 2.24) is 9.97 Å². The lowest BCUT2D eigenvalue weighted by molar-refractivity contribution is 1.11. The predicted molar refractivity (Wildman–Crippen MR) is 101 cm³/mol. The Morgan fingerprint density at radius 1 is 1.00 bits per heavy atom. The molecule has 0 bridgehead atoms. The van der Waals surface area contributed by atoms with Gasteiger partial charge in [-0.1, -0.05) is 29.3 Å². The van der Waals surface area contributed by atoms with Crippen LogP contribution >= 0.6 is 23.2 Å². The molecule has 0 amide bonds. The number of nitriles is 1. The van der Waals surface area contributed by atoms with Crippen LogP contribution in [0.4, 0.5) is 23.1 Å². The number of nitrogens with one attached hydrogen (secondary N) is 2. The minimum absolute atomic E-state index is 0.403. The third-order valence-electron chi connectivity index (χ3n) is 3.34. The standard InChI is InChI=1S/C18H13Cl2N5/c1-11-9-16(23-13-7-5-12(10-21)6-8-13)25-18(22-11)24-15-4-2-3-14(19)17(15)20/h2-9H,1H3,(H2,22,23,24,25). The molecule has 2 N–H and O–H groups in total. The van der Waals surface area contributed by atoms with Gasteiger partial charge in [0.15, 0.2) is 0 Å². The third kappa shape index (κ3) is 4.18. The van der Waals surface area contributed by atoms with Crippen molar-refractivity contribution in [2.24, 2.45) is 0 Å². The van der Waals surface area contributed by atoms with E-state index < -0.39 is 0 Å². The van der Waals surface area contributed by atoms with Gasteiger partial charge in [-0.2, -0.15) is 10.2 Å². The largest absolute Gasteiger partial charge is 0.340 e. The molecule has 3 rings (SSSR count). The zero-order valence-corrected chi connectivity index (χ0v) is 14.7. The van der Waals surface area contributed by atoms with E-state index in [1.54, 1.807) is 30.3 Å². The fourth-order valence-electron chi connectivity index (χ4n) is 2.19. The number of halogens is 2. The smallest absolute Gasteiger partial charge is 0.229 e. The molecule has 3 aromatic rings. The van der Waals surface area contributed by atoms with Gasteiger partial charge in [0, 0.05) is 17.4 Å². The van der Waals surface area contributed by atoms with Crippen LogP contribution in [0.25, 0.3) is 0 Å². The van der Waals surface area contributed by atoms with Gasteiger partial charge >= 0.3 is 0 Å². The van der Waals surface area contributed by atoms with Crippen molar-refractivity contribution < 1.29 is 0 Å². The molecule has 124 valence electrons. The first-order valence-corrected chi connectivity index (χ1v) is 8.14. The van der Waals surface area contributed by atoms with E-state index in [9.17, 15) is 0 Å². The number of aromatic nitrogens is 2. The molecule has 0 radical (unpaired) electrons. The normalized spacial score (nSPS) is 10.2. The van der Waals surface area contributed by atoms with E-state index in [0.29, 0.717) is 33.1 Å². The summed E-state index contributed by atoms with van der Waals surface area (Å²) in [5.74, 6) is 1.03. The van der Waals surface area contributed by atoms with Crippen molar-refractivity contribution >= 4 is 46.3 Å². The van der Waals surface area contributed by atoms with Crippen LogP contribution in [0.1, 0.15) is 11.3 Å². The highest BCUT2D eigenvalue weighted by molar-refractivity contribution is 6.43. The first-order chi connectivity index (χ1) is 12.0. The van der Waals surface area contributed by atoms with Gasteiger partial charge < -0.3 is 10.6 Å². The number of anilines is 4. The van der Waals surface area contributed by atoms with Gasteiger partial charge in [-0.15, -0.1) is 0 Å². The van der Waals surface area contributed by atoms with Crippen molar-refractivity contribution in [3.8, 4) is 6.07 Å². The summed E-state index contributed by atoms with van der Waals surface area (Å²) >= 11 is 12.2. The SMILES string of the molecule is Cc1cc(Nc2ccc(C#N)cc2)nc(Nc2cccc(Cl)c2Cl)n1. The molecule has 1 aromatic heterocycles. The number of rotatable bonds is 4.